The molecule has 0 saturated carbocycles. The zero-order valence-corrected chi connectivity index (χ0v) is 12.5. The van der Waals surface area contributed by atoms with Gasteiger partial charge in [0.15, 0.2) is 0 Å². The predicted octanol–water partition coefficient (Wildman–Crippen LogP) is 1.58. The van der Waals surface area contributed by atoms with Crippen molar-refractivity contribution in [2.24, 2.45) is 5.92 Å². The van der Waals surface area contributed by atoms with Crippen LogP contribution in [0.15, 0.2) is 36.8 Å². The van der Waals surface area contributed by atoms with E-state index in [1.54, 1.807) is 12.3 Å². The first-order valence-electron chi connectivity index (χ1n) is 7.63. The summed E-state index contributed by atoms with van der Waals surface area (Å²) >= 11 is 0. The fourth-order valence-electron chi connectivity index (χ4n) is 2.77. The molecule has 1 atom stereocenters. The number of anilines is 1. The normalized spacial score (nSPS) is 18.2. The van der Waals surface area contributed by atoms with E-state index in [-0.39, 0.29) is 0 Å². The Hall–Kier alpha value is -2.39. The van der Waals surface area contributed by atoms with Crippen LogP contribution < -0.4 is 5.32 Å². The van der Waals surface area contributed by atoms with Crippen molar-refractivity contribution in [3.8, 4) is 6.07 Å². The van der Waals surface area contributed by atoms with Crippen LogP contribution in [0.3, 0.4) is 0 Å². The minimum absolute atomic E-state index is 0.594. The average Bonchev–Trinajstić information content (AvgIpc) is 3.23. The number of pyridine rings is 1. The summed E-state index contributed by atoms with van der Waals surface area (Å²) in [7, 11) is 0. The highest BCUT2D eigenvalue weighted by atomic mass is 15.3. The number of nitrogens with zero attached hydrogens (tertiary/aromatic N) is 5. The third kappa shape index (κ3) is 3.83. The number of nitrogens with one attached hydrogen (secondary N) is 1. The maximum Gasteiger partial charge on any atom is 0.125 e. The van der Waals surface area contributed by atoms with Gasteiger partial charge in [0.25, 0.3) is 0 Å². The molecule has 2 aromatic rings. The van der Waals surface area contributed by atoms with Crippen LogP contribution in [0.1, 0.15) is 12.0 Å². The molecule has 0 unspecified atom stereocenters. The molecule has 1 fully saturated rings. The van der Waals surface area contributed by atoms with Crippen LogP contribution in [-0.4, -0.2) is 45.8 Å². The molecule has 114 valence electrons. The van der Waals surface area contributed by atoms with E-state index in [0.29, 0.717) is 11.5 Å². The molecule has 6 nitrogen and oxygen atoms in total. The molecule has 0 amide bonds. The van der Waals surface area contributed by atoms with Gasteiger partial charge in [-0.2, -0.15) is 10.4 Å². The van der Waals surface area contributed by atoms with Crippen LogP contribution in [0.5, 0.6) is 0 Å². The second-order valence-corrected chi connectivity index (χ2v) is 5.65. The Morgan fingerprint density at radius 1 is 1.36 bits per heavy atom. The molecule has 0 aromatic carbocycles. The van der Waals surface area contributed by atoms with Gasteiger partial charge in [0.05, 0.1) is 12.1 Å². The number of hydrogen-bond acceptors (Lipinski definition) is 5. The molecule has 0 bridgehead atoms. The van der Waals surface area contributed by atoms with Crippen LogP contribution in [0, 0.1) is 17.2 Å². The summed E-state index contributed by atoms with van der Waals surface area (Å²) in [6, 6.07) is 7.69. The van der Waals surface area contributed by atoms with E-state index in [1.807, 2.05) is 29.2 Å². The first-order valence-corrected chi connectivity index (χ1v) is 7.63. The molecule has 0 spiro atoms. The molecule has 0 radical (unpaired) electrons. The Labute approximate surface area is 130 Å². The summed E-state index contributed by atoms with van der Waals surface area (Å²) < 4.78 is 1.98. The van der Waals surface area contributed by atoms with Gasteiger partial charge in [-0.05, 0) is 37.1 Å². The van der Waals surface area contributed by atoms with Gasteiger partial charge in [0, 0.05) is 38.2 Å². The summed E-state index contributed by atoms with van der Waals surface area (Å²) in [6.07, 6.45) is 6.64. The van der Waals surface area contributed by atoms with Crippen molar-refractivity contribution in [2.75, 3.05) is 31.5 Å². The average molecular weight is 296 g/mol. The SMILES string of the molecule is N#Cc1ccc(NC[C@@H]2CCN(CCn3cccn3)C2)nc1. The van der Waals surface area contributed by atoms with Crippen LogP contribution in [-0.2, 0) is 6.54 Å². The van der Waals surface area contributed by atoms with E-state index in [4.69, 9.17) is 5.26 Å². The predicted molar refractivity (Wildman–Crippen MR) is 84.2 cm³/mol. The lowest BCUT2D eigenvalue weighted by Crippen LogP contribution is -2.26. The third-order valence-corrected chi connectivity index (χ3v) is 4.04. The van der Waals surface area contributed by atoms with E-state index < -0.39 is 0 Å². The summed E-state index contributed by atoms with van der Waals surface area (Å²) in [6.45, 7) is 5.19. The van der Waals surface area contributed by atoms with Gasteiger partial charge < -0.3 is 10.2 Å². The number of rotatable bonds is 6. The first kappa shape index (κ1) is 14.5. The van der Waals surface area contributed by atoms with Crippen molar-refractivity contribution in [2.45, 2.75) is 13.0 Å². The number of aromatic nitrogens is 3. The number of nitriles is 1. The number of hydrogen-bond donors (Lipinski definition) is 1. The Balaban J connectivity index is 1.40. The lowest BCUT2D eigenvalue weighted by atomic mass is 10.1. The third-order valence-electron chi connectivity index (χ3n) is 4.04. The van der Waals surface area contributed by atoms with Crippen molar-refractivity contribution in [1.29, 1.82) is 5.26 Å². The van der Waals surface area contributed by atoms with Gasteiger partial charge in [-0.25, -0.2) is 4.98 Å². The standard InChI is InChI=1S/C16H20N6/c17-10-14-2-3-16(18-11-14)19-12-15-4-7-21(13-15)8-9-22-6-1-5-20-22/h1-3,5-6,11,15H,4,7-9,12-13H2,(H,18,19)/t15-/m0/s1. The summed E-state index contributed by atoms with van der Waals surface area (Å²) in [5.74, 6) is 1.49. The largest absolute Gasteiger partial charge is 0.370 e. The second-order valence-electron chi connectivity index (χ2n) is 5.65. The molecule has 0 aliphatic carbocycles. The van der Waals surface area contributed by atoms with Gasteiger partial charge in [-0.3, -0.25) is 4.68 Å². The maximum absolute atomic E-state index is 8.76. The van der Waals surface area contributed by atoms with E-state index in [2.05, 4.69) is 26.4 Å². The van der Waals surface area contributed by atoms with Gasteiger partial charge in [-0.1, -0.05) is 0 Å². The fourth-order valence-corrected chi connectivity index (χ4v) is 2.77. The summed E-state index contributed by atoms with van der Waals surface area (Å²) in [5.41, 5.74) is 0.594. The van der Waals surface area contributed by atoms with Gasteiger partial charge in [-0.15, -0.1) is 0 Å². The van der Waals surface area contributed by atoms with Crippen LogP contribution in [0.25, 0.3) is 0 Å². The zero-order valence-electron chi connectivity index (χ0n) is 12.5. The van der Waals surface area contributed by atoms with Crippen molar-refractivity contribution in [1.82, 2.24) is 19.7 Å². The lowest BCUT2D eigenvalue weighted by Gasteiger charge is -2.16. The minimum Gasteiger partial charge on any atom is -0.370 e. The van der Waals surface area contributed by atoms with E-state index in [1.165, 1.54) is 6.42 Å². The first-order chi connectivity index (χ1) is 10.8. The molecular weight excluding hydrogens is 276 g/mol. The van der Waals surface area contributed by atoms with E-state index in [9.17, 15) is 0 Å². The van der Waals surface area contributed by atoms with Gasteiger partial charge in [0.1, 0.15) is 11.9 Å². The highest BCUT2D eigenvalue weighted by Crippen LogP contribution is 2.16. The van der Waals surface area contributed by atoms with Crippen molar-refractivity contribution in [3.05, 3.63) is 42.4 Å². The monoisotopic (exact) mass is 296 g/mol. The second kappa shape index (κ2) is 7.05. The van der Waals surface area contributed by atoms with Crippen molar-refractivity contribution in [3.63, 3.8) is 0 Å². The maximum atomic E-state index is 8.76. The number of likely N-dealkylation sites (tertiary alicyclic amines) is 1. The van der Waals surface area contributed by atoms with E-state index >= 15 is 0 Å². The molecular formula is C16H20N6. The quantitative estimate of drug-likeness (QED) is 0.876. The van der Waals surface area contributed by atoms with E-state index in [0.717, 1.165) is 38.5 Å². The molecule has 2 aromatic heterocycles. The molecule has 3 rings (SSSR count). The summed E-state index contributed by atoms with van der Waals surface area (Å²) in [4.78, 5) is 6.73. The van der Waals surface area contributed by atoms with Crippen LogP contribution >= 0.6 is 0 Å². The molecule has 6 heteroatoms. The molecule has 1 aliphatic rings. The zero-order chi connectivity index (χ0) is 15.2. The Bertz CT molecular complexity index is 613. The molecule has 1 aliphatic heterocycles. The Morgan fingerprint density at radius 3 is 3.05 bits per heavy atom. The summed E-state index contributed by atoms with van der Waals surface area (Å²) in [5, 5.41) is 16.4. The Kier molecular flexibility index (Phi) is 4.66. The molecule has 1 N–H and O–H groups in total. The van der Waals surface area contributed by atoms with Gasteiger partial charge in [0.2, 0.25) is 0 Å². The highest BCUT2D eigenvalue weighted by molar-refractivity contribution is 5.38. The van der Waals surface area contributed by atoms with Crippen LogP contribution in [0.4, 0.5) is 5.82 Å². The molecule has 1 saturated heterocycles. The minimum atomic E-state index is 0.594. The smallest absolute Gasteiger partial charge is 0.125 e. The van der Waals surface area contributed by atoms with Crippen molar-refractivity contribution < 1.29 is 0 Å². The molecule has 22 heavy (non-hydrogen) atoms. The fraction of sp³-hybridized carbons (Fsp3) is 0.438. The topological polar surface area (TPSA) is 69.8 Å². The molecule has 3 heterocycles. The van der Waals surface area contributed by atoms with Crippen molar-refractivity contribution >= 4 is 5.82 Å². The van der Waals surface area contributed by atoms with Gasteiger partial charge >= 0.3 is 0 Å². The van der Waals surface area contributed by atoms with Crippen LogP contribution in [0.2, 0.25) is 0 Å². The highest BCUT2D eigenvalue weighted by Gasteiger charge is 2.21. The lowest BCUT2D eigenvalue weighted by molar-refractivity contribution is 0.305. The Morgan fingerprint density at radius 2 is 2.32 bits per heavy atom.